The standard InChI is InChI=1S/C13H22N2O3S2/c1-4-11-15(10(7-19-11)12(16)17)13(18)14-5-8(2)20-9(3)6-14/h8-11H,4-7H2,1-3H3,(H,16,17). The SMILES string of the molecule is CCC1SCC(C(=O)O)N1C(=O)N1CC(C)SC(C)C1. The van der Waals surface area contributed by atoms with Crippen molar-refractivity contribution in [2.24, 2.45) is 0 Å². The number of thioether (sulfide) groups is 2. The van der Waals surface area contributed by atoms with Crippen molar-refractivity contribution in [3.05, 3.63) is 0 Å². The number of urea groups is 1. The first-order valence-corrected chi connectivity index (χ1v) is 9.00. The number of amides is 2. The highest BCUT2D eigenvalue weighted by atomic mass is 32.2. The topological polar surface area (TPSA) is 60.9 Å². The molecule has 2 fully saturated rings. The lowest BCUT2D eigenvalue weighted by Crippen LogP contribution is -2.55. The monoisotopic (exact) mass is 318 g/mol. The van der Waals surface area contributed by atoms with Crippen molar-refractivity contribution >= 4 is 35.5 Å². The number of hydrogen-bond acceptors (Lipinski definition) is 4. The summed E-state index contributed by atoms with van der Waals surface area (Å²) in [7, 11) is 0. The summed E-state index contributed by atoms with van der Waals surface area (Å²) < 4.78 is 0. The Kier molecular flexibility index (Phi) is 5.12. The molecular weight excluding hydrogens is 296 g/mol. The molecule has 2 aliphatic heterocycles. The van der Waals surface area contributed by atoms with E-state index in [1.807, 2.05) is 23.6 Å². The molecule has 2 rings (SSSR count). The lowest BCUT2D eigenvalue weighted by atomic mass is 10.2. The van der Waals surface area contributed by atoms with Crippen LogP contribution < -0.4 is 0 Å². The van der Waals surface area contributed by atoms with Crippen LogP contribution in [-0.4, -0.2) is 67.7 Å². The van der Waals surface area contributed by atoms with Gasteiger partial charge in [-0.15, -0.1) is 11.8 Å². The molecule has 1 N–H and O–H groups in total. The Labute approximate surface area is 128 Å². The third-order valence-corrected chi connectivity index (χ3v) is 6.32. The van der Waals surface area contributed by atoms with E-state index in [0.717, 1.165) is 6.42 Å². The first-order chi connectivity index (χ1) is 9.43. The third-order valence-electron chi connectivity index (χ3n) is 3.64. The largest absolute Gasteiger partial charge is 0.480 e. The molecule has 0 saturated carbocycles. The van der Waals surface area contributed by atoms with E-state index in [1.165, 1.54) is 0 Å². The minimum Gasteiger partial charge on any atom is -0.480 e. The van der Waals surface area contributed by atoms with Gasteiger partial charge in [0.2, 0.25) is 0 Å². The van der Waals surface area contributed by atoms with Gasteiger partial charge in [-0.25, -0.2) is 9.59 Å². The third kappa shape index (κ3) is 3.19. The molecule has 114 valence electrons. The minimum absolute atomic E-state index is 0.0104. The van der Waals surface area contributed by atoms with E-state index in [9.17, 15) is 14.7 Å². The second-order valence-corrected chi connectivity index (χ2v) is 8.49. The highest BCUT2D eigenvalue weighted by Crippen LogP contribution is 2.34. The zero-order valence-corrected chi connectivity index (χ0v) is 13.7. The van der Waals surface area contributed by atoms with Crippen LogP contribution in [0.2, 0.25) is 0 Å². The normalized spacial score (nSPS) is 34.4. The fourth-order valence-corrected chi connectivity index (χ4v) is 5.49. The predicted molar refractivity (Wildman–Crippen MR) is 83.3 cm³/mol. The first kappa shape index (κ1) is 15.8. The molecule has 2 heterocycles. The van der Waals surface area contributed by atoms with E-state index in [1.54, 1.807) is 16.7 Å². The highest BCUT2D eigenvalue weighted by molar-refractivity contribution is 8.00. The van der Waals surface area contributed by atoms with Crippen LogP contribution in [0.1, 0.15) is 27.2 Å². The van der Waals surface area contributed by atoms with Gasteiger partial charge in [-0.1, -0.05) is 20.8 Å². The Balaban J connectivity index is 2.14. The van der Waals surface area contributed by atoms with Crippen molar-refractivity contribution in [1.29, 1.82) is 0 Å². The van der Waals surface area contributed by atoms with Gasteiger partial charge in [-0.3, -0.25) is 4.90 Å². The van der Waals surface area contributed by atoms with E-state index in [0.29, 0.717) is 29.3 Å². The quantitative estimate of drug-likeness (QED) is 0.845. The molecule has 0 bridgehead atoms. The van der Waals surface area contributed by atoms with Crippen molar-refractivity contribution in [2.45, 2.75) is 49.1 Å². The smallest absolute Gasteiger partial charge is 0.327 e. The summed E-state index contributed by atoms with van der Waals surface area (Å²) in [6, 6.07) is -0.786. The number of carbonyl (C=O) groups is 2. The maximum Gasteiger partial charge on any atom is 0.327 e. The van der Waals surface area contributed by atoms with Crippen LogP contribution in [0.5, 0.6) is 0 Å². The average molecular weight is 318 g/mol. The molecule has 2 amide bonds. The van der Waals surface area contributed by atoms with E-state index < -0.39 is 12.0 Å². The van der Waals surface area contributed by atoms with Crippen LogP contribution in [0.4, 0.5) is 4.79 Å². The maximum absolute atomic E-state index is 12.7. The second kappa shape index (κ2) is 6.47. The van der Waals surface area contributed by atoms with Gasteiger partial charge in [-0.2, -0.15) is 11.8 Å². The number of carbonyl (C=O) groups excluding carboxylic acids is 1. The van der Waals surface area contributed by atoms with Crippen LogP contribution in [0, 0.1) is 0 Å². The van der Waals surface area contributed by atoms with Crippen LogP contribution in [0.15, 0.2) is 0 Å². The Bertz CT molecular complexity index is 384. The summed E-state index contributed by atoms with van der Waals surface area (Å²) in [5.41, 5.74) is 0. The minimum atomic E-state index is -0.894. The molecule has 4 unspecified atom stereocenters. The number of nitrogens with zero attached hydrogens (tertiary/aromatic N) is 2. The molecule has 0 aromatic carbocycles. The van der Waals surface area contributed by atoms with Crippen molar-refractivity contribution in [2.75, 3.05) is 18.8 Å². The Hall–Kier alpha value is -0.560. The molecule has 7 heteroatoms. The zero-order valence-electron chi connectivity index (χ0n) is 12.1. The average Bonchev–Trinajstić information content (AvgIpc) is 2.80. The molecule has 0 aromatic heterocycles. The molecule has 20 heavy (non-hydrogen) atoms. The lowest BCUT2D eigenvalue weighted by Gasteiger charge is -2.39. The molecule has 0 aromatic rings. The van der Waals surface area contributed by atoms with E-state index in [-0.39, 0.29) is 11.4 Å². The van der Waals surface area contributed by atoms with Gasteiger partial charge in [0.25, 0.3) is 0 Å². The van der Waals surface area contributed by atoms with Crippen molar-refractivity contribution in [3.63, 3.8) is 0 Å². The molecule has 4 atom stereocenters. The maximum atomic E-state index is 12.7. The lowest BCUT2D eigenvalue weighted by molar-refractivity contribution is -0.141. The van der Waals surface area contributed by atoms with Crippen molar-refractivity contribution < 1.29 is 14.7 Å². The molecule has 2 saturated heterocycles. The van der Waals surface area contributed by atoms with Crippen molar-refractivity contribution in [3.8, 4) is 0 Å². The number of aliphatic carboxylic acids is 1. The van der Waals surface area contributed by atoms with Gasteiger partial charge in [0.05, 0.1) is 5.37 Å². The fourth-order valence-electron chi connectivity index (χ4n) is 2.82. The van der Waals surface area contributed by atoms with Gasteiger partial charge < -0.3 is 10.0 Å². The van der Waals surface area contributed by atoms with E-state index >= 15 is 0 Å². The summed E-state index contributed by atoms with van der Waals surface area (Å²) in [4.78, 5) is 27.5. The van der Waals surface area contributed by atoms with E-state index in [2.05, 4.69) is 13.8 Å². The number of rotatable bonds is 2. The number of hydrogen-bond donors (Lipinski definition) is 1. The van der Waals surface area contributed by atoms with Gasteiger partial charge >= 0.3 is 12.0 Å². The molecule has 0 aliphatic carbocycles. The Morgan fingerprint density at radius 3 is 2.35 bits per heavy atom. The highest BCUT2D eigenvalue weighted by Gasteiger charge is 2.43. The Morgan fingerprint density at radius 2 is 1.85 bits per heavy atom. The Morgan fingerprint density at radius 1 is 1.25 bits per heavy atom. The van der Waals surface area contributed by atoms with Gasteiger partial charge in [-0.05, 0) is 6.42 Å². The number of carboxylic acid groups (broad SMARTS) is 1. The summed E-state index contributed by atoms with van der Waals surface area (Å²) in [6.07, 6.45) is 0.786. The molecular formula is C13H22N2O3S2. The summed E-state index contributed by atoms with van der Waals surface area (Å²) in [5, 5.41) is 10.1. The molecule has 2 aliphatic rings. The second-order valence-electron chi connectivity index (χ2n) is 5.40. The van der Waals surface area contributed by atoms with Crippen molar-refractivity contribution in [1.82, 2.24) is 9.80 Å². The van der Waals surface area contributed by atoms with E-state index in [4.69, 9.17) is 0 Å². The summed E-state index contributed by atoms with van der Waals surface area (Å²) in [6.45, 7) is 7.64. The van der Waals surface area contributed by atoms with Crippen LogP contribution in [0.25, 0.3) is 0 Å². The summed E-state index contributed by atoms with van der Waals surface area (Å²) >= 11 is 3.46. The van der Waals surface area contributed by atoms with Crippen LogP contribution in [0.3, 0.4) is 0 Å². The first-order valence-electron chi connectivity index (χ1n) is 7.01. The van der Waals surface area contributed by atoms with Gasteiger partial charge in [0, 0.05) is 29.3 Å². The van der Waals surface area contributed by atoms with Gasteiger partial charge in [0.15, 0.2) is 0 Å². The van der Waals surface area contributed by atoms with Crippen LogP contribution >= 0.6 is 23.5 Å². The molecule has 0 radical (unpaired) electrons. The molecule has 0 spiro atoms. The van der Waals surface area contributed by atoms with Crippen LogP contribution in [-0.2, 0) is 4.79 Å². The summed E-state index contributed by atoms with van der Waals surface area (Å²) in [5.74, 6) is -0.401. The molecule has 5 nitrogen and oxygen atoms in total. The fraction of sp³-hybridized carbons (Fsp3) is 0.846. The zero-order chi connectivity index (χ0) is 14.9. The van der Waals surface area contributed by atoms with Gasteiger partial charge in [0.1, 0.15) is 6.04 Å². The number of carboxylic acids is 1. The predicted octanol–water partition coefficient (Wildman–Crippen LogP) is 2.17.